The highest BCUT2D eigenvalue weighted by atomic mass is 19.1. The summed E-state index contributed by atoms with van der Waals surface area (Å²) < 4.78 is 27.3. The molecule has 1 aliphatic carbocycles. The Morgan fingerprint density at radius 2 is 1.57 bits per heavy atom. The molecule has 0 amide bonds. The third kappa shape index (κ3) is 3.61. The third-order valence-corrected chi connectivity index (χ3v) is 4.87. The van der Waals surface area contributed by atoms with Gasteiger partial charge in [-0.25, -0.2) is 8.78 Å². The Morgan fingerprint density at radius 3 is 2.19 bits per heavy atom. The van der Waals surface area contributed by atoms with Crippen molar-refractivity contribution in [1.29, 1.82) is 0 Å². The fraction of sp³-hybridized carbons (Fsp3) is 0.647. The molecule has 0 spiro atoms. The summed E-state index contributed by atoms with van der Waals surface area (Å²) in [6.07, 6.45) is 6.12. The number of nitrogens with one attached hydrogen (secondary N) is 1. The highest BCUT2D eigenvalue weighted by Crippen LogP contribution is 2.38. The van der Waals surface area contributed by atoms with Crippen LogP contribution in [0.25, 0.3) is 0 Å². The summed E-state index contributed by atoms with van der Waals surface area (Å²) in [6, 6.07) is 4.20. The van der Waals surface area contributed by atoms with Gasteiger partial charge in [0, 0.05) is 38.3 Å². The predicted octanol–water partition coefficient (Wildman–Crippen LogP) is 3.49. The summed E-state index contributed by atoms with van der Waals surface area (Å²) in [7, 11) is 0. The first-order chi connectivity index (χ1) is 10.2. The van der Waals surface area contributed by atoms with Crippen molar-refractivity contribution >= 4 is 0 Å². The lowest BCUT2D eigenvalue weighted by molar-refractivity contribution is 0.103. The lowest BCUT2D eigenvalue weighted by atomic mass is 9.80. The van der Waals surface area contributed by atoms with Crippen LogP contribution in [0.15, 0.2) is 18.2 Å². The SMILES string of the molecule is Fc1cc(F)cc([C@@H](C2CCCCC2)N2CCNCC2)c1. The summed E-state index contributed by atoms with van der Waals surface area (Å²) in [6.45, 7) is 3.83. The van der Waals surface area contributed by atoms with E-state index in [4.69, 9.17) is 0 Å². The van der Waals surface area contributed by atoms with Crippen molar-refractivity contribution in [2.24, 2.45) is 5.92 Å². The van der Waals surface area contributed by atoms with Gasteiger partial charge in [0.15, 0.2) is 0 Å². The fourth-order valence-electron chi connectivity index (χ4n) is 3.94. The van der Waals surface area contributed by atoms with Crippen LogP contribution in [0.4, 0.5) is 8.78 Å². The van der Waals surface area contributed by atoms with Crippen LogP contribution in [-0.4, -0.2) is 31.1 Å². The molecule has 0 aromatic heterocycles. The Hall–Kier alpha value is -1.00. The first-order valence-electron chi connectivity index (χ1n) is 8.15. The van der Waals surface area contributed by atoms with E-state index in [0.29, 0.717) is 5.92 Å². The molecule has 1 aromatic rings. The molecular weight excluding hydrogens is 270 g/mol. The van der Waals surface area contributed by atoms with Gasteiger partial charge in [-0.3, -0.25) is 4.90 Å². The van der Waals surface area contributed by atoms with Crippen LogP contribution in [0, 0.1) is 17.6 Å². The quantitative estimate of drug-likeness (QED) is 0.918. The van der Waals surface area contributed by atoms with E-state index in [-0.39, 0.29) is 6.04 Å². The second kappa shape index (κ2) is 6.84. The highest BCUT2D eigenvalue weighted by Gasteiger charge is 2.31. The smallest absolute Gasteiger partial charge is 0.126 e. The van der Waals surface area contributed by atoms with Gasteiger partial charge in [-0.05, 0) is 36.5 Å². The van der Waals surface area contributed by atoms with Crippen molar-refractivity contribution in [2.45, 2.75) is 38.1 Å². The van der Waals surface area contributed by atoms with Crippen LogP contribution < -0.4 is 5.32 Å². The van der Waals surface area contributed by atoms with Gasteiger partial charge in [-0.2, -0.15) is 0 Å². The second-order valence-electron chi connectivity index (χ2n) is 6.33. The maximum Gasteiger partial charge on any atom is 0.126 e. The van der Waals surface area contributed by atoms with Gasteiger partial charge >= 0.3 is 0 Å². The van der Waals surface area contributed by atoms with E-state index >= 15 is 0 Å². The minimum atomic E-state index is -0.457. The molecule has 0 bridgehead atoms. The number of hydrogen-bond acceptors (Lipinski definition) is 2. The van der Waals surface area contributed by atoms with E-state index in [2.05, 4.69) is 10.2 Å². The molecule has 2 fully saturated rings. The normalized spacial score (nSPS) is 23.1. The monoisotopic (exact) mass is 294 g/mol. The average molecular weight is 294 g/mol. The van der Waals surface area contributed by atoms with Crippen molar-refractivity contribution in [3.8, 4) is 0 Å². The molecule has 1 saturated carbocycles. The molecular formula is C17H24F2N2. The molecule has 2 nitrogen and oxygen atoms in total. The van der Waals surface area contributed by atoms with Crippen molar-refractivity contribution < 1.29 is 8.78 Å². The molecule has 1 heterocycles. The van der Waals surface area contributed by atoms with E-state index in [9.17, 15) is 8.78 Å². The number of benzene rings is 1. The number of halogens is 2. The summed E-state index contributed by atoms with van der Waals surface area (Å²) in [5.41, 5.74) is 0.821. The number of nitrogens with zero attached hydrogens (tertiary/aromatic N) is 1. The molecule has 0 unspecified atom stereocenters. The molecule has 1 N–H and O–H groups in total. The minimum Gasteiger partial charge on any atom is -0.314 e. The van der Waals surface area contributed by atoms with Crippen LogP contribution >= 0.6 is 0 Å². The van der Waals surface area contributed by atoms with Crippen molar-refractivity contribution in [2.75, 3.05) is 26.2 Å². The lowest BCUT2D eigenvalue weighted by Crippen LogP contribution is -2.47. The molecule has 1 saturated heterocycles. The summed E-state index contributed by atoms with van der Waals surface area (Å²) in [4.78, 5) is 2.42. The molecule has 2 aliphatic rings. The Morgan fingerprint density at radius 1 is 0.952 bits per heavy atom. The van der Waals surface area contributed by atoms with Crippen LogP contribution in [-0.2, 0) is 0 Å². The van der Waals surface area contributed by atoms with Crippen molar-refractivity contribution in [3.63, 3.8) is 0 Å². The molecule has 21 heavy (non-hydrogen) atoms. The predicted molar refractivity (Wildman–Crippen MR) is 80.1 cm³/mol. The van der Waals surface area contributed by atoms with E-state index in [1.807, 2.05) is 0 Å². The highest BCUT2D eigenvalue weighted by molar-refractivity contribution is 5.23. The minimum absolute atomic E-state index is 0.164. The Labute approximate surface area is 125 Å². The van der Waals surface area contributed by atoms with E-state index in [1.165, 1.54) is 44.2 Å². The maximum absolute atomic E-state index is 13.7. The number of rotatable bonds is 3. The Balaban J connectivity index is 1.89. The van der Waals surface area contributed by atoms with E-state index in [1.54, 1.807) is 0 Å². The first-order valence-corrected chi connectivity index (χ1v) is 8.15. The Kier molecular flexibility index (Phi) is 4.86. The van der Waals surface area contributed by atoms with Crippen LogP contribution in [0.3, 0.4) is 0 Å². The van der Waals surface area contributed by atoms with Gasteiger partial charge in [0.2, 0.25) is 0 Å². The zero-order valence-electron chi connectivity index (χ0n) is 12.5. The van der Waals surface area contributed by atoms with Crippen LogP contribution in [0.2, 0.25) is 0 Å². The van der Waals surface area contributed by atoms with Crippen LogP contribution in [0.1, 0.15) is 43.7 Å². The average Bonchev–Trinajstić information content (AvgIpc) is 2.49. The number of piperazine rings is 1. The van der Waals surface area contributed by atoms with Gasteiger partial charge in [0.25, 0.3) is 0 Å². The van der Waals surface area contributed by atoms with Crippen molar-refractivity contribution in [3.05, 3.63) is 35.4 Å². The van der Waals surface area contributed by atoms with Gasteiger partial charge in [0.1, 0.15) is 11.6 Å². The molecule has 116 valence electrons. The maximum atomic E-state index is 13.7. The Bertz CT molecular complexity index is 428. The molecule has 0 radical (unpaired) electrons. The first kappa shape index (κ1) is 14.9. The number of hydrogen-bond donors (Lipinski definition) is 1. The van der Waals surface area contributed by atoms with Gasteiger partial charge in [-0.1, -0.05) is 19.3 Å². The molecule has 1 aromatic carbocycles. The summed E-state index contributed by atoms with van der Waals surface area (Å²) in [5, 5.41) is 3.36. The van der Waals surface area contributed by atoms with Gasteiger partial charge < -0.3 is 5.32 Å². The van der Waals surface area contributed by atoms with Crippen LogP contribution in [0.5, 0.6) is 0 Å². The molecule has 4 heteroatoms. The molecule has 1 atom stereocenters. The topological polar surface area (TPSA) is 15.3 Å². The fourth-order valence-corrected chi connectivity index (χ4v) is 3.94. The summed E-state index contributed by atoms with van der Waals surface area (Å²) in [5.74, 6) is -0.389. The third-order valence-electron chi connectivity index (χ3n) is 4.87. The summed E-state index contributed by atoms with van der Waals surface area (Å²) >= 11 is 0. The van der Waals surface area contributed by atoms with E-state index in [0.717, 1.165) is 37.8 Å². The zero-order chi connectivity index (χ0) is 14.7. The lowest BCUT2D eigenvalue weighted by Gasteiger charge is -2.41. The van der Waals surface area contributed by atoms with Gasteiger partial charge in [-0.15, -0.1) is 0 Å². The van der Waals surface area contributed by atoms with E-state index < -0.39 is 11.6 Å². The zero-order valence-corrected chi connectivity index (χ0v) is 12.5. The van der Waals surface area contributed by atoms with Crippen molar-refractivity contribution in [1.82, 2.24) is 10.2 Å². The largest absolute Gasteiger partial charge is 0.314 e. The molecule has 3 rings (SSSR count). The molecule has 1 aliphatic heterocycles. The standard InChI is InChI=1S/C17H24F2N2/c18-15-10-14(11-16(19)12-15)17(13-4-2-1-3-5-13)21-8-6-20-7-9-21/h10-13,17,20H,1-9H2/t17-/m1/s1. The van der Waals surface area contributed by atoms with Gasteiger partial charge in [0.05, 0.1) is 0 Å². The second-order valence-corrected chi connectivity index (χ2v) is 6.33.